The van der Waals surface area contributed by atoms with Crippen LogP contribution in [0.2, 0.25) is 0 Å². The molecule has 1 saturated heterocycles. The molecule has 0 saturated carbocycles. The van der Waals surface area contributed by atoms with E-state index in [1.54, 1.807) is 5.01 Å². The lowest BCUT2D eigenvalue weighted by molar-refractivity contribution is 0.0348. The molecule has 0 aliphatic carbocycles. The number of ether oxygens (including phenoxy) is 1. The number of hydrazine groups is 1. The van der Waals surface area contributed by atoms with Gasteiger partial charge in [-0.15, -0.1) is 0 Å². The highest BCUT2D eigenvalue weighted by atomic mass is 16.6. The molecule has 1 unspecified atom stereocenters. The second-order valence-electron chi connectivity index (χ2n) is 4.50. The average molecular weight is 202 g/mol. The van der Waals surface area contributed by atoms with Gasteiger partial charge in [-0.1, -0.05) is 0 Å². The Labute approximate surface area is 84.0 Å². The number of carbonyl (C=O) groups excluding carboxylic acids is 1. The third-order valence-electron chi connectivity index (χ3n) is 1.81. The van der Waals surface area contributed by atoms with Gasteiger partial charge < -0.3 is 9.84 Å². The summed E-state index contributed by atoms with van der Waals surface area (Å²) in [6.45, 7) is 6.57. The summed E-state index contributed by atoms with van der Waals surface area (Å²) in [6.07, 6.45) is -0.118. The maximum Gasteiger partial charge on any atom is 0.422 e. The van der Waals surface area contributed by atoms with E-state index in [4.69, 9.17) is 4.74 Å². The lowest BCUT2D eigenvalue weighted by Gasteiger charge is -2.22. The maximum absolute atomic E-state index is 11.3. The Bertz CT molecular complexity index is 213. The van der Waals surface area contributed by atoms with E-state index in [-0.39, 0.29) is 6.10 Å². The van der Waals surface area contributed by atoms with Crippen molar-refractivity contribution in [3.8, 4) is 0 Å². The van der Waals surface area contributed by atoms with E-state index in [1.165, 1.54) is 0 Å². The third kappa shape index (κ3) is 3.93. The Morgan fingerprint density at radius 1 is 1.57 bits per heavy atom. The first-order valence-corrected chi connectivity index (χ1v) is 4.79. The van der Waals surface area contributed by atoms with Crippen LogP contribution >= 0.6 is 0 Å². The van der Waals surface area contributed by atoms with Crippen molar-refractivity contribution in [3.05, 3.63) is 0 Å². The first-order valence-electron chi connectivity index (χ1n) is 4.79. The third-order valence-corrected chi connectivity index (χ3v) is 1.81. The van der Waals surface area contributed by atoms with Crippen molar-refractivity contribution in [1.82, 2.24) is 10.4 Å². The van der Waals surface area contributed by atoms with Crippen molar-refractivity contribution < 1.29 is 14.6 Å². The minimum atomic E-state index is -0.484. The highest BCUT2D eigenvalue weighted by Gasteiger charge is 2.23. The van der Waals surface area contributed by atoms with Gasteiger partial charge in [-0.05, 0) is 27.2 Å². The first kappa shape index (κ1) is 11.3. The molecule has 1 rings (SSSR count). The molecule has 0 spiro atoms. The van der Waals surface area contributed by atoms with Gasteiger partial charge in [0.25, 0.3) is 0 Å². The monoisotopic (exact) mass is 202 g/mol. The Morgan fingerprint density at radius 2 is 2.21 bits per heavy atom. The molecule has 0 aromatic carbocycles. The van der Waals surface area contributed by atoms with E-state index in [0.717, 1.165) is 0 Å². The molecule has 82 valence electrons. The molecule has 1 fully saturated rings. The van der Waals surface area contributed by atoms with E-state index >= 15 is 0 Å². The van der Waals surface area contributed by atoms with Crippen molar-refractivity contribution in [2.45, 2.75) is 38.9 Å². The summed E-state index contributed by atoms with van der Waals surface area (Å²) in [6, 6.07) is 0. The van der Waals surface area contributed by atoms with E-state index in [2.05, 4.69) is 5.43 Å². The zero-order chi connectivity index (χ0) is 10.8. The lowest BCUT2D eigenvalue weighted by atomic mass is 10.2. The largest absolute Gasteiger partial charge is 0.443 e. The summed E-state index contributed by atoms with van der Waals surface area (Å²) < 4.78 is 5.06. The SMILES string of the molecule is CC(C)(C)OC(=O)NN1CCC(O)C1. The number of aliphatic hydroxyl groups is 1. The van der Waals surface area contributed by atoms with Crippen LogP contribution in [-0.4, -0.2) is 41.0 Å². The fourth-order valence-electron chi connectivity index (χ4n) is 1.27. The van der Waals surface area contributed by atoms with Gasteiger partial charge in [0, 0.05) is 13.1 Å². The van der Waals surface area contributed by atoms with E-state index in [9.17, 15) is 9.90 Å². The summed E-state index contributed by atoms with van der Waals surface area (Å²) in [4.78, 5) is 11.3. The molecule has 5 nitrogen and oxygen atoms in total. The molecule has 0 aromatic rings. The number of hydrogen-bond acceptors (Lipinski definition) is 4. The maximum atomic E-state index is 11.3. The number of aliphatic hydroxyl groups excluding tert-OH is 1. The number of hydrogen-bond donors (Lipinski definition) is 2. The molecule has 14 heavy (non-hydrogen) atoms. The molecule has 5 heteroatoms. The number of rotatable bonds is 1. The van der Waals surface area contributed by atoms with Crippen molar-refractivity contribution in [2.24, 2.45) is 0 Å². The van der Waals surface area contributed by atoms with Gasteiger partial charge in [0.1, 0.15) is 5.60 Å². The van der Waals surface area contributed by atoms with E-state index in [1.807, 2.05) is 20.8 Å². The molecule has 0 radical (unpaired) electrons. The predicted molar refractivity (Wildman–Crippen MR) is 51.6 cm³/mol. The number of nitrogens with zero attached hydrogens (tertiary/aromatic N) is 1. The van der Waals surface area contributed by atoms with Crippen LogP contribution in [0.3, 0.4) is 0 Å². The summed E-state index contributed by atoms with van der Waals surface area (Å²) in [7, 11) is 0. The normalized spacial score (nSPS) is 23.6. The smallest absolute Gasteiger partial charge is 0.422 e. The number of β-amino-alcohol motifs (C(OH)–C–C–N with tert-alkyl or cyclic N) is 1. The summed E-state index contributed by atoms with van der Waals surface area (Å²) in [5.41, 5.74) is 2.09. The van der Waals surface area contributed by atoms with Crippen molar-refractivity contribution in [1.29, 1.82) is 0 Å². The summed E-state index contributed by atoms with van der Waals surface area (Å²) in [5.74, 6) is 0. The zero-order valence-electron chi connectivity index (χ0n) is 8.91. The summed E-state index contributed by atoms with van der Waals surface area (Å²) in [5, 5.41) is 10.9. The van der Waals surface area contributed by atoms with Gasteiger partial charge in [0.05, 0.1) is 6.10 Å². The van der Waals surface area contributed by atoms with Crippen LogP contribution in [0.25, 0.3) is 0 Å². The fraction of sp³-hybridized carbons (Fsp3) is 0.889. The van der Waals surface area contributed by atoms with Gasteiger partial charge in [0.2, 0.25) is 0 Å². The van der Waals surface area contributed by atoms with Gasteiger partial charge >= 0.3 is 6.09 Å². The second-order valence-corrected chi connectivity index (χ2v) is 4.50. The average Bonchev–Trinajstić information content (AvgIpc) is 2.30. The van der Waals surface area contributed by atoms with Crippen LogP contribution in [-0.2, 0) is 4.74 Å². The Morgan fingerprint density at radius 3 is 2.64 bits per heavy atom. The highest BCUT2D eigenvalue weighted by molar-refractivity contribution is 5.67. The fourth-order valence-corrected chi connectivity index (χ4v) is 1.27. The minimum absolute atomic E-state index is 0.343. The van der Waals surface area contributed by atoms with Gasteiger partial charge in [-0.25, -0.2) is 9.80 Å². The van der Waals surface area contributed by atoms with Crippen LogP contribution in [0.5, 0.6) is 0 Å². The van der Waals surface area contributed by atoms with E-state index < -0.39 is 11.7 Å². The molecule has 1 aliphatic heterocycles. The van der Waals surface area contributed by atoms with Crippen molar-refractivity contribution in [3.63, 3.8) is 0 Å². The molecule has 2 N–H and O–H groups in total. The highest BCUT2D eigenvalue weighted by Crippen LogP contribution is 2.09. The van der Waals surface area contributed by atoms with Gasteiger partial charge in [-0.2, -0.15) is 0 Å². The van der Waals surface area contributed by atoms with E-state index in [0.29, 0.717) is 19.5 Å². The molecule has 1 heterocycles. The molecule has 1 aliphatic rings. The van der Waals surface area contributed by atoms with Crippen LogP contribution in [0.15, 0.2) is 0 Å². The topological polar surface area (TPSA) is 61.8 Å². The Hall–Kier alpha value is -0.810. The molecular weight excluding hydrogens is 184 g/mol. The quantitative estimate of drug-likeness (QED) is 0.649. The Balaban J connectivity index is 2.27. The number of nitrogens with one attached hydrogen (secondary N) is 1. The lowest BCUT2D eigenvalue weighted by Crippen LogP contribution is -2.43. The molecule has 0 aromatic heterocycles. The molecular formula is C9H18N2O3. The van der Waals surface area contributed by atoms with Crippen LogP contribution < -0.4 is 5.43 Å². The predicted octanol–water partition coefficient (Wildman–Crippen LogP) is 0.493. The standard InChI is InChI=1S/C9H18N2O3/c1-9(2,3)14-8(13)10-11-5-4-7(12)6-11/h7,12H,4-6H2,1-3H3,(H,10,13). The molecule has 1 atom stereocenters. The second kappa shape index (κ2) is 4.14. The van der Waals surface area contributed by atoms with Gasteiger partial charge in [0.15, 0.2) is 0 Å². The van der Waals surface area contributed by atoms with Crippen molar-refractivity contribution in [2.75, 3.05) is 13.1 Å². The van der Waals surface area contributed by atoms with Gasteiger partial charge in [-0.3, -0.25) is 5.43 Å². The molecule has 1 amide bonds. The van der Waals surface area contributed by atoms with Crippen LogP contribution in [0.1, 0.15) is 27.2 Å². The first-order chi connectivity index (χ1) is 6.37. The van der Waals surface area contributed by atoms with Crippen molar-refractivity contribution >= 4 is 6.09 Å². The van der Waals surface area contributed by atoms with Crippen LogP contribution in [0.4, 0.5) is 4.79 Å². The molecule has 0 bridgehead atoms. The minimum Gasteiger partial charge on any atom is -0.443 e. The number of carbonyl (C=O) groups is 1. The number of amides is 1. The zero-order valence-corrected chi connectivity index (χ0v) is 8.91. The Kier molecular flexibility index (Phi) is 3.34. The van der Waals surface area contributed by atoms with Crippen LogP contribution in [0, 0.1) is 0 Å². The summed E-state index contributed by atoms with van der Waals surface area (Å²) >= 11 is 0.